The maximum atomic E-state index is 13.3. The van der Waals surface area contributed by atoms with Crippen LogP contribution < -0.4 is 0 Å². The SMILES string of the molecule is O=C1c2ccccc2CN1CC1CCN(CC(=O)C2(Cc3ccccc3)C=CC=N2)CC1. The van der Waals surface area contributed by atoms with Gasteiger partial charge in [-0.1, -0.05) is 48.5 Å². The van der Waals surface area contributed by atoms with E-state index in [1.807, 2.05) is 59.5 Å². The van der Waals surface area contributed by atoms with Gasteiger partial charge in [0.05, 0.1) is 6.54 Å². The minimum atomic E-state index is -0.772. The lowest BCUT2D eigenvalue weighted by Crippen LogP contribution is -2.46. The first-order valence-electron chi connectivity index (χ1n) is 11.5. The zero-order chi connectivity index (χ0) is 22.0. The van der Waals surface area contributed by atoms with Gasteiger partial charge in [-0.15, -0.1) is 0 Å². The molecule has 3 heterocycles. The average Bonchev–Trinajstić information content (AvgIpc) is 3.42. The second-order valence-corrected chi connectivity index (χ2v) is 9.21. The van der Waals surface area contributed by atoms with Crippen molar-refractivity contribution in [2.75, 3.05) is 26.2 Å². The number of likely N-dealkylation sites (tertiary alicyclic amines) is 1. The minimum Gasteiger partial charge on any atom is -0.334 e. The number of allylic oxidation sites excluding steroid dienone is 1. The molecule has 32 heavy (non-hydrogen) atoms. The summed E-state index contributed by atoms with van der Waals surface area (Å²) in [6.45, 7) is 3.73. The Hall–Kier alpha value is -3.05. The van der Waals surface area contributed by atoms with Crippen molar-refractivity contribution in [1.29, 1.82) is 0 Å². The van der Waals surface area contributed by atoms with Crippen molar-refractivity contribution in [3.05, 3.63) is 83.4 Å². The van der Waals surface area contributed by atoms with Crippen LogP contribution in [0.3, 0.4) is 0 Å². The molecule has 0 aromatic heterocycles. The summed E-state index contributed by atoms with van der Waals surface area (Å²) in [6, 6.07) is 18.0. The lowest BCUT2D eigenvalue weighted by molar-refractivity contribution is -0.124. The summed E-state index contributed by atoms with van der Waals surface area (Å²) in [5, 5.41) is 0. The van der Waals surface area contributed by atoms with Gasteiger partial charge in [-0.3, -0.25) is 19.5 Å². The largest absolute Gasteiger partial charge is 0.334 e. The molecule has 3 aliphatic rings. The molecule has 2 aromatic carbocycles. The number of amides is 1. The molecule has 5 heteroatoms. The van der Waals surface area contributed by atoms with Gasteiger partial charge in [0, 0.05) is 31.3 Å². The second-order valence-electron chi connectivity index (χ2n) is 9.21. The Balaban J connectivity index is 1.15. The Morgan fingerprint density at radius 3 is 2.50 bits per heavy atom. The summed E-state index contributed by atoms with van der Waals surface area (Å²) in [4.78, 5) is 34.8. The summed E-state index contributed by atoms with van der Waals surface area (Å²) < 4.78 is 0. The number of nitrogens with zero attached hydrogens (tertiary/aromatic N) is 3. The lowest BCUT2D eigenvalue weighted by Gasteiger charge is -2.35. The molecule has 0 saturated carbocycles. The smallest absolute Gasteiger partial charge is 0.254 e. The van der Waals surface area contributed by atoms with Crippen molar-refractivity contribution < 1.29 is 9.59 Å². The van der Waals surface area contributed by atoms with Crippen LogP contribution in [0.2, 0.25) is 0 Å². The van der Waals surface area contributed by atoms with Crippen LogP contribution in [0.15, 0.2) is 71.7 Å². The van der Waals surface area contributed by atoms with Gasteiger partial charge in [-0.2, -0.15) is 0 Å². The highest BCUT2D eigenvalue weighted by atomic mass is 16.2. The zero-order valence-corrected chi connectivity index (χ0v) is 18.3. The fraction of sp³-hybridized carbons (Fsp3) is 0.370. The molecule has 164 valence electrons. The van der Waals surface area contributed by atoms with Crippen molar-refractivity contribution in [1.82, 2.24) is 9.80 Å². The highest BCUT2D eigenvalue weighted by Crippen LogP contribution is 2.28. The molecule has 0 N–H and O–H groups in total. The first kappa shape index (κ1) is 20.8. The normalized spacial score (nSPS) is 23.1. The first-order chi connectivity index (χ1) is 15.6. The molecule has 1 atom stereocenters. The van der Waals surface area contributed by atoms with Crippen LogP contribution in [0.25, 0.3) is 0 Å². The molecule has 2 aromatic rings. The summed E-state index contributed by atoms with van der Waals surface area (Å²) in [5.74, 6) is 0.809. The Labute approximate surface area is 189 Å². The van der Waals surface area contributed by atoms with Crippen LogP contribution in [0.4, 0.5) is 0 Å². The van der Waals surface area contributed by atoms with E-state index >= 15 is 0 Å². The van der Waals surface area contributed by atoms with E-state index < -0.39 is 5.54 Å². The molecule has 0 aliphatic carbocycles. The van der Waals surface area contributed by atoms with E-state index in [0.29, 0.717) is 18.9 Å². The van der Waals surface area contributed by atoms with Crippen molar-refractivity contribution in [2.24, 2.45) is 10.9 Å². The molecule has 0 radical (unpaired) electrons. The number of hydrogen-bond donors (Lipinski definition) is 0. The van der Waals surface area contributed by atoms with Gasteiger partial charge < -0.3 is 4.90 Å². The minimum absolute atomic E-state index is 0.159. The Kier molecular flexibility index (Phi) is 5.75. The van der Waals surface area contributed by atoms with Crippen molar-refractivity contribution >= 4 is 17.9 Å². The van der Waals surface area contributed by atoms with Crippen molar-refractivity contribution in [2.45, 2.75) is 31.3 Å². The Morgan fingerprint density at radius 1 is 1.03 bits per heavy atom. The number of ketones is 1. The van der Waals surface area contributed by atoms with Crippen LogP contribution in [-0.4, -0.2) is 59.4 Å². The molecule has 1 fully saturated rings. The summed E-state index contributed by atoms with van der Waals surface area (Å²) >= 11 is 0. The second kappa shape index (κ2) is 8.83. The number of piperidine rings is 1. The number of fused-ring (bicyclic) bond motifs is 1. The third-order valence-corrected chi connectivity index (χ3v) is 7.01. The lowest BCUT2D eigenvalue weighted by atomic mass is 9.86. The molecule has 5 rings (SSSR count). The van der Waals surface area contributed by atoms with E-state index in [9.17, 15) is 9.59 Å². The van der Waals surface area contributed by atoms with E-state index in [1.54, 1.807) is 6.21 Å². The summed E-state index contributed by atoms with van der Waals surface area (Å²) in [7, 11) is 0. The molecule has 3 aliphatic heterocycles. The van der Waals surface area contributed by atoms with E-state index in [-0.39, 0.29) is 11.7 Å². The van der Waals surface area contributed by atoms with Gasteiger partial charge in [0.25, 0.3) is 5.91 Å². The number of aliphatic imine (C=N–C) groups is 1. The van der Waals surface area contributed by atoms with Crippen molar-refractivity contribution in [3.63, 3.8) is 0 Å². The molecule has 0 spiro atoms. The number of rotatable bonds is 7. The Morgan fingerprint density at radius 2 is 1.78 bits per heavy atom. The van der Waals surface area contributed by atoms with E-state index in [1.165, 1.54) is 0 Å². The summed E-state index contributed by atoms with van der Waals surface area (Å²) in [6.07, 6.45) is 8.21. The third-order valence-electron chi connectivity index (χ3n) is 7.01. The fourth-order valence-corrected chi connectivity index (χ4v) is 5.14. The zero-order valence-electron chi connectivity index (χ0n) is 18.3. The van der Waals surface area contributed by atoms with Gasteiger partial charge in [-0.05, 0) is 61.2 Å². The number of carbonyl (C=O) groups is 2. The molecule has 1 saturated heterocycles. The number of carbonyl (C=O) groups excluding carboxylic acids is 2. The molecule has 1 amide bonds. The molecule has 0 bridgehead atoms. The maximum Gasteiger partial charge on any atom is 0.254 e. The Bertz CT molecular complexity index is 1040. The average molecular weight is 428 g/mol. The van der Waals surface area contributed by atoms with Crippen LogP contribution in [0.1, 0.15) is 34.3 Å². The van der Waals surface area contributed by atoms with Crippen molar-refractivity contribution in [3.8, 4) is 0 Å². The highest BCUT2D eigenvalue weighted by molar-refractivity contribution is 5.98. The standard InChI is InChI=1S/C27H29N3O2/c31-25(27(13-6-14-28-27)17-21-7-2-1-3-8-21)20-29-15-11-22(12-16-29)18-30-19-23-9-4-5-10-24(23)26(30)32/h1-10,13-14,22H,11-12,15-20H2. The van der Waals surface area contributed by atoms with Gasteiger partial charge in [0.15, 0.2) is 5.78 Å². The maximum absolute atomic E-state index is 13.3. The predicted octanol–water partition coefficient (Wildman–Crippen LogP) is 3.55. The monoisotopic (exact) mass is 427 g/mol. The topological polar surface area (TPSA) is 53.0 Å². The first-order valence-corrected chi connectivity index (χ1v) is 11.5. The number of hydrogen-bond acceptors (Lipinski definition) is 4. The molecule has 5 nitrogen and oxygen atoms in total. The number of Topliss-reactive ketones (excluding diaryl/α,β-unsaturated/α-hetero) is 1. The predicted molar refractivity (Wildman–Crippen MR) is 126 cm³/mol. The molecular weight excluding hydrogens is 398 g/mol. The van der Waals surface area contributed by atoms with Crippen LogP contribution in [0.5, 0.6) is 0 Å². The third kappa shape index (κ3) is 4.17. The van der Waals surface area contributed by atoms with E-state index in [2.05, 4.69) is 22.0 Å². The quantitative estimate of drug-likeness (QED) is 0.679. The fourth-order valence-electron chi connectivity index (χ4n) is 5.14. The van der Waals surface area contributed by atoms with E-state index in [4.69, 9.17) is 0 Å². The van der Waals surface area contributed by atoms with Gasteiger partial charge >= 0.3 is 0 Å². The van der Waals surface area contributed by atoms with Gasteiger partial charge in [0.1, 0.15) is 5.54 Å². The van der Waals surface area contributed by atoms with Crippen LogP contribution in [-0.2, 0) is 17.8 Å². The number of benzene rings is 2. The van der Waals surface area contributed by atoms with Crippen LogP contribution >= 0.6 is 0 Å². The summed E-state index contributed by atoms with van der Waals surface area (Å²) in [5.41, 5.74) is 2.34. The molecular formula is C27H29N3O2. The highest BCUT2D eigenvalue weighted by Gasteiger charge is 2.38. The van der Waals surface area contributed by atoms with Crippen LogP contribution in [0, 0.1) is 5.92 Å². The molecule has 1 unspecified atom stereocenters. The van der Waals surface area contributed by atoms with Gasteiger partial charge in [0.2, 0.25) is 0 Å². The van der Waals surface area contributed by atoms with E-state index in [0.717, 1.165) is 55.7 Å². The van der Waals surface area contributed by atoms with Gasteiger partial charge in [-0.25, -0.2) is 0 Å².